The maximum Gasteiger partial charge on any atom is 0.296 e. The molecule has 13 rings (SSSR count). The molecule has 3 aromatic heterocycles. The molecule has 0 radical (unpaired) electrons. The van der Waals surface area contributed by atoms with Crippen molar-refractivity contribution in [2.45, 2.75) is 31.0 Å². The Bertz CT molecular complexity index is 2830. The minimum absolute atomic E-state index is 0.0226. The zero-order chi connectivity index (χ0) is 30.0. The van der Waals surface area contributed by atoms with E-state index >= 15 is 0 Å². The van der Waals surface area contributed by atoms with Crippen molar-refractivity contribution in [1.29, 1.82) is 0 Å². The van der Waals surface area contributed by atoms with E-state index in [9.17, 15) is 0 Å². The molecule has 5 aliphatic heterocycles. The second kappa shape index (κ2) is 6.68. The minimum Gasteiger partial charge on any atom is -0.348 e. The molecule has 8 aromatic rings. The van der Waals surface area contributed by atoms with Crippen LogP contribution in [-0.2, 0) is 11.0 Å². The standard InChI is InChI=1S/C41H28N5/c1-40(2)26-13-8-11-23-25-12-9-21-43-38(25)46(35(23)26)37-27(40)18-20-31-34(37)41(43)33-32(45-30-16-7-6-15-29(30)42(3)39(41)45)19-17-24-22-10-4-5-14-28(22)44(31)36(24)33/h4-21,39H,1-3H3/q+1. The highest BCUT2D eigenvalue weighted by atomic mass is 15.5. The van der Waals surface area contributed by atoms with E-state index in [0.29, 0.717) is 0 Å². The lowest BCUT2D eigenvalue weighted by Gasteiger charge is -2.45. The van der Waals surface area contributed by atoms with Crippen LogP contribution in [0.25, 0.3) is 55.1 Å². The molecule has 0 saturated heterocycles. The summed E-state index contributed by atoms with van der Waals surface area (Å²) in [6.07, 6.45) is 2.40. The van der Waals surface area contributed by atoms with Crippen molar-refractivity contribution in [2.75, 3.05) is 16.8 Å². The van der Waals surface area contributed by atoms with Crippen LogP contribution in [0.1, 0.15) is 36.1 Å². The van der Waals surface area contributed by atoms with E-state index in [4.69, 9.17) is 0 Å². The molecule has 5 nitrogen and oxygen atoms in total. The molecule has 8 heterocycles. The van der Waals surface area contributed by atoms with Crippen molar-refractivity contribution in [3.8, 4) is 11.4 Å². The number of fused-ring (bicyclic) bond motifs is 9. The van der Waals surface area contributed by atoms with E-state index in [1.165, 1.54) is 94.4 Å². The Balaban J connectivity index is 1.38. The molecule has 5 aromatic carbocycles. The molecule has 0 N–H and O–H groups in total. The summed E-state index contributed by atoms with van der Waals surface area (Å²) in [5.74, 6) is 0. The summed E-state index contributed by atoms with van der Waals surface area (Å²) in [6, 6.07) is 39.3. The third-order valence-electron chi connectivity index (χ3n) is 12.4. The molecule has 0 aliphatic carbocycles. The molecule has 46 heavy (non-hydrogen) atoms. The van der Waals surface area contributed by atoms with Gasteiger partial charge in [-0.15, -0.1) is 0 Å². The van der Waals surface area contributed by atoms with Crippen LogP contribution >= 0.6 is 0 Å². The lowest BCUT2D eigenvalue weighted by atomic mass is 9.69. The SMILES string of the molecule is CN1c2ccccc2N2c3ccc4c5ccccc5n5c4c3C3(c4c-5ccc5c4-n4c6c(cccc6c6ccc[n+]3c64)C5(C)C)C12. The van der Waals surface area contributed by atoms with Gasteiger partial charge in [0.2, 0.25) is 5.54 Å². The summed E-state index contributed by atoms with van der Waals surface area (Å²) in [4.78, 5) is 5.22. The van der Waals surface area contributed by atoms with E-state index in [2.05, 4.69) is 154 Å². The van der Waals surface area contributed by atoms with Gasteiger partial charge in [-0.05, 0) is 48.5 Å². The Labute approximate surface area is 264 Å². The van der Waals surface area contributed by atoms with Crippen LogP contribution in [0.2, 0.25) is 0 Å². The number of hydrogen-bond acceptors (Lipinski definition) is 2. The van der Waals surface area contributed by atoms with Crippen molar-refractivity contribution in [3.05, 3.63) is 132 Å². The first-order chi connectivity index (χ1) is 22.5. The molecule has 2 atom stereocenters. The normalized spacial score (nSPS) is 21.3. The minimum atomic E-state index is -0.495. The second-order valence-electron chi connectivity index (χ2n) is 14.5. The van der Waals surface area contributed by atoms with E-state index in [1.54, 1.807) is 0 Å². The number of likely N-dealkylation sites (N-methyl/N-ethyl adjacent to an activating group) is 1. The van der Waals surface area contributed by atoms with Crippen LogP contribution in [0, 0.1) is 0 Å². The van der Waals surface area contributed by atoms with Crippen LogP contribution in [0.3, 0.4) is 0 Å². The summed E-state index contributed by atoms with van der Waals surface area (Å²) in [7, 11) is 2.31. The molecule has 0 fully saturated rings. The van der Waals surface area contributed by atoms with Gasteiger partial charge in [0, 0.05) is 39.7 Å². The predicted octanol–water partition coefficient (Wildman–Crippen LogP) is 8.15. The number of anilines is 3. The van der Waals surface area contributed by atoms with Crippen molar-refractivity contribution < 1.29 is 4.57 Å². The smallest absolute Gasteiger partial charge is 0.296 e. The first-order valence-corrected chi connectivity index (χ1v) is 16.4. The predicted molar refractivity (Wildman–Crippen MR) is 184 cm³/mol. The highest BCUT2D eigenvalue weighted by Gasteiger charge is 2.69. The molecule has 0 saturated carbocycles. The van der Waals surface area contributed by atoms with E-state index in [-0.39, 0.29) is 11.6 Å². The second-order valence-corrected chi connectivity index (χ2v) is 14.5. The van der Waals surface area contributed by atoms with E-state index in [0.717, 1.165) is 0 Å². The maximum absolute atomic E-state index is 2.69. The fourth-order valence-corrected chi connectivity index (χ4v) is 10.8. The van der Waals surface area contributed by atoms with Gasteiger partial charge in [0.05, 0.1) is 56.5 Å². The molecule has 2 unspecified atom stereocenters. The summed E-state index contributed by atoms with van der Waals surface area (Å²) >= 11 is 0. The van der Waals surface area contributed by atoms with Crippen LogP contribution < -0.4 is 14.4 Å². The molecule has 1 spiro atoms. The lowest BCUT2D eigenvalue weighted by Crippen LogP contribution is -2.70. The van der Waals surface area contributed by atoms with Gasteiger partial charge in [0.1, 0.15) is 11.2 Å². The van der Waals surface area contributed by atoms with Gasteiger partial charge in [-0.2, -0.15) is 4.57 Å². The Hall–Kier alpha value is -5.55. The molecule has 0 bridgehead atoms. The topological polar surface area (TPSA) is 20.2 Å². The molecule has 216 valence electrons. The zero-order valence-corrected chi connectivity index (χ0v) is 25.7. The Morgan fingerprint density at radius 3 is 2.26 bits per heavy atom. The molecule has 0 amide bonds. The molecule has 5 aliphatic rings. The summed E-state index contributed by atoms with van der Waals surface area (Å²) in [6.45, 7) is 4.86. The highest BCUT2D eigenvalue weighted by molar-refractivity contribution is 6.16. The largest absolute Gasteiger partial charge is 0.348 e. The van der Waals surface area contributed by atoms with Crippen LogP contribution in [0.15, 0.2) is 109 Å². The molecule has 5 heteroatoms. The van der Waals surface area contributed by atoms with Crippen LogP contribution in [-0.4, -0.2) is 22.3 Å². The van der Waals surface area contributed by atoms with Crippen molar-refractivity contribution in [2.24, 2.45) is 0 Å². The Morgan fingerprint density at radius 2 is 1.35 bits per heavy atom. The van der Waals surface area contributed by atoms with Crippen LogP contribution in [0.4, 0.5) is 17.1 Å². The van der Waals surface area contributed by atoms with Crippen molar-refractivity contribution in [3.63, 3.8) is 0 Å². The number of nitrogens with zero attached hydrogens (tertiary/aromatic N) is 5. The average molecular weight is 591 g/mol. The third-order valence-corrected chi connectivity index (χ3v) is 12.4. The lowest BCUT2D eigenvalue weighted by molar-refractivity contribution is -0.724. The highest BCUT2D eigenvalue weighted by Crippen LogP contribution is 2.65. The quantitative estimate of drug-likeness (QED) is 0.166. The summed E-state index contributed by atoms with van der Waals surface area (Å²) in [5, 5.41) is 5.31. The maximum atomic E-state index is 2.69. The molecular formula is C41H28N5+. The molecular weight excluding hydrogens is 562 g/mol. The van der Waals surface area contributed by atoms with Gasteiger partial charge >= 0.3 is 0 Å². The fourth-order valence-electron chi connectivity index (χ4n) is 10.8. The number of rotatable bonds is 0. The number of aromatic nitrogens is 3. The van der Waals surface area contributed by atoms with Gasteiger partial charge < -0.3 is 14.4 Å². The first-order valence-electron chi connectivity index (χ1n) is 16.4. The fraction of sp³-hybridized carbons (Fsp3) is 0.146. The monoisotopic (exact) mass is 590 g/mol. The van der Waals surface area contributed by atoms with Gasteiger partial charge in [0.15, 0.2) is 6.17 Å². The first kappa shape index (κ1) is 22.9. The zero-order valence-electron chi connectivity index (χ0n) is 25.7. The van der Waals surface area contributed by atoms with Gasteiger partial charge in [-0.25, -0.2) is 4.57 Å². The summed E-state index contributed by atoms with van der Waals surface area (Å²) in [5.41, 5.74) is 16.8. The van der Waals surface area contributed by atoms with Crippen molar-refractivity contribution >= 4 is 60.8 Å². The number of para-hydroxylation sites is 4. The summed E-state index contributed by atoms with van der Waals surface area (Å²) < 4.78 is 7.93. The van der Waals surface area contributed by atoms with Gasteiger partial charge in [-0.3, -0.25) is 0 Å². The van der Waals surface area contributed by atoms with Gasteiger partial charge in [0.25, 0.3) is 5.65 Å². The number of pyridine rings is 1. The number of benzene rings is 5. The van der Waals surface area contributed by atoms with E-state index < -0.39 is 5.54 Å². The third kappa shape index (κ3) is 1.95. The van der Waals surface area contributed by atoms with Gasteiger partial charge in [-0.1, -0.05) is 68.4 Å². The van der Waals surface area contributed by atoms with Crippen molar-refractivity contribution in [1.82, 2.24) is 9.13 Å². The van der Waals surface area contributed by atoms with Crippen LogP contribution in [0.5, 0.6) is 0 Å². The average Bonchev–Trinajstić information content (AvgIpc) is 3.79. The van der Waals surface area contributed by atoms with E-state index in [1.807, 2.05) is 0 Å². The Kier molecular flexibility index (Phi) is 3.32. The Morgan fingerprint density at radius 1 is 0.587 bits per heavy atom. The number of hydrogen-bond donors (Lipinski definition) is 0.